The van der Waals surface area contributed by atoms with Crippen molar-refractivity contribution in [3.8, 4) is 0 Å². The van der Waals surface area contributed by atoms with Crippen molar-refractivity contribution in [2.24, 2.45) is 11.8 Å². The molecule has 0 fully saturated rings. The summed E-state index contributed by atoms with van der Waals surface area (Å²) in [4.78, 5) is 73.1. The van der Waals surface area contributed by atoms with Gasteiger partial charge in [-0.25, -0.2) is 9.13 Å². The Kier molecular flexibility index (Phi) is 73.1. The van der Waals surface area contributed by atoms with Crippen LogP contribution in [0.1, 0.15) is 440 Å². The molecule has 17 nitrogen and oxygen atoms in total. The number of unbranched alkanes of at least 4 members (excludes halogenated alkanes) is 52. The van der Waals surface area contributed by atoms with E-state index < -0.39 is 97.5 Å². The van der Waals surface area contributed by atoms with E-state index in [4.69, 9.17) is 37.0 Å². The highest BCUT2D eigenvalue weighted by atomic mass is 31.2. The van der Waals surface area contributed by atoms with Gasteiger partial charge in [0, 0.05) is 25.7 Å². The molecule has 0 aromatic carbocycles. The Labute approximate surface area is 626 Å². The number of esters is 4. The summed E-state index contributed by atoms with van der Waals surface area (Å²) in [5, 5.41) is 10.7. The summed E-state index contributed by atoms with van der Waals surface area (Å²) >= 11 is 0. The zero-order valence-corrected chi connectivity index (χ0v) is 68.7. The number of phosphoric ester groups is 2. The lowest BCUT2D eigenvalue weighted by molar-refractivity contribution is -0.161. The van der Waals surface area contributed by atoms with Crippen LogP contribution in [-0.2, 0) is 65.4 Å². The van der Waals surface area contributed by atoms with Crippen LogP contribution >= 0.6 is 15.6 Å². The Morgan fingerprint density at radius 1 is 0.265 bits per heavy atom. The van der Waals surface area contributed by atoms with E-state index >= 15 is 0 Å². The van der Waals surface area contributed by atoms with Crippen LogP contribution in [-0.4, -0.2) is 96.7 Å². The second kappa shape index (κ2) is 74.5. The lowest BCUT2D eigenvalue weighted by atomic mass is 10.0. The summed E-state index contributed by atoms with van der Waals surface area (Å²) in [6, 6.07) is 0. The molecule has 0 radical (unpaired) electrons. The maximum Gasteiger partial charge on any atom is 0.472 e. The van der Waals surface area contributed by atoms with Crippen molar-refractivity contribution in [2.75, 3.05) is 39.6 Å². The number of hydrogen-bond acceptors (Lipinski definition) is 15. The number of aliphatic hydroxyl groups is 1. The van der Waals surface area contributed by atoms with Gasteiger partial charge in [0.05, 0.1) is 26.4 Å². The number of hydrogen-bond donors (Lipinski definition) is 3. The van der Waals surface area contributed by atoms with Crippen molar-refractivity contribution in [3.63, 3.8) is 0 Å². The summed E-state index contributed by atoms with van der Waals surface area (Å²) in [7, 11) is -9.92. The minimum atomic E-state index is -4.96. The molecule has 0 rings (SSSR count). The van der Waals surface area contributed by atoms with Gasteiger partial charge in [0.15, 0.2) is 12.2 Å². The van der Waals surface area contributed by atoms with Crippen LogP contribution in [0.5, 0.6) is 0 Å². The molecule has 0 spiro atoms. The first-order valence-electron chi connectivity index (χ1n) is 43.0. The first-order chi connectivity index (χ1) is 49.4. The molecule has 0 heterocycles. The fourth-order valence-electron chi connectivity index (χ4n) is 12.9. The number of rotatable bonds is 82. The third-order valence-corrected chi connectivity index (χ3v) is 21.4. The van der Waals surface area contributed by atoms with Crippen molar-refractivity contribution in [1.82, 2.24) is 0 Å². The van der Waals surface area contributed by atoms with Gasteiger partial charge in [-0.05, 0) is 37.5 Å². The predicted octanol–water partition coefficient (Wildman–Crippen LogP) is 25.1. The lowest BCUT2D eigenvalue weighted by Gasteiger charge is -2.21. The van der Waals surface area contributed by atoms with Gasteiger partial charge in [0.1, 0.15) is 19.3 Å². The second-order valence-electron chi connectivity index (χ2n) is 30.8. The van der Waals surface area contributed by atoms with Crippen LogP contribution in [0.4, 0.5) is 0 Å². The maximum atomic E-state index is 13.1. The molecule has 0 bridgehead atoms. The molecule has 0 aliphatic carbocycles. The minimum absolute atomic E-state index is 0.107. The van der Waals surface area contributed by atoms with Crippen molar-refractivity contribution in [1.29, 1.82) is 0 Å². The Bertz CT molecular complexity index is 1960. The summed E-state index contributed by atoms with van der Waals surface area (Å²) in [6.45, 7) is 9.66. The van der Waals surface area contributed by atoms with E-state index in [0.717, 1.165) is 102 Å². The van der Waals surface area contributed by atoms with Crippen LogP contribution < -0.4 is 0 Å². The van der Waals surface area contributed by atoms with E-state index in [9.17, 15) is 43.2 Å². The number of carbonyl (C=O) groups is 4. The van der Waals surface area contributed by atoms with Crippen LogP contribution in [0.2, 0.25) is 0 Å². The van der Waals surface area contributed by atoms with E-state index in [0.29, 0.717) is 25.7 Å². The molecule has 606 valence electrons. The molecule has 5 atom stereocenters. The van der Waals surface area contributed by atoms with Gasteiger partial charge >= 0.3 is 39.5 Å². The topological polar surface area (TPSA) is 237 Å². The Morgan fingerprint density at radius 3 is 0.667 bits per heavy atom. The van der Waals surface area contributed by atoms with Crippen molar-refractivity contribution in [3.05, 3.63) is 0 Å². The Morgan fingerprint density at radius 2 is 0.451 bits per heavy atom. The minimum Gasteiger partial charge on any atom is -0.462 e. The van der Waals surface area contributed by atoms with Gasteiger partial charge in [-0.1, -0.05) is 388 Å². The van der Waals surface area contributed by atoms with Gasteiger partial charge in [0.25, 0.3) is 0 Å². The normalized spacial score (nSPS) is 13.9. The molecule has 0 saturated carbocycles. The Hall–Kier alpha value is -1.94. The monoisotopic (exact) mass is 1490 g/mol. The van der Waals surface area contributed by atoms with Crippen LogP contribution in [0, 0.1) is 11.8 Å². The quantitative estimate of drug-likeness (QED) is 0.0222. The third-order valence-electron chi connectivity index (χ3n) is 19.5. The highest BCUT2D eigenvalue weighted by molar-refractivity contribution is 7.47. The summed E-state index contributed by atoms with van der Waals surface area (Å²) in [6.07, 6.45) is 65.2. The smallest absolute Gasteiger partial charge is 0.462 e. The molecule has 0 aliphatic heterocycles. The van der Waals surface area contributed by atoms with Gasteiger partial charge in [-0.15, -0.1) is 0 Å². The molecule has 102 heavy (non-hydrogen) atoms. The Balaban J connectivity index is 5.24. The van der Waals surface area contributed by atoms with Crippen LogP contribution in [0.25, 0.3) is 0 Å². The molecule has 2 unspecified atom stereocenters. The summed E-state index contributed by atoms with van der Waals surface area (Å²) in [5.41, 5.74) is 0. The molecule has 0 aromatic heterocycles. The largest absolute Gasteiger partial charge is 0.472 e. The van der Waals surface area contributed by atoms with Crippen LogP contribution in [0.3, 0.4) is 0 Å². The van der Waals surface area contributed by atoms with Crippen molar-refractivity contribution < 1.29 is 80.2 Å². The highest BCUT2D eigenvalue weighted by Gasteiger charge is 2.30. The van der Waals surface area contributed by atoms with E-state index in [1.165, 1.54) is 257 Å². The first-order valence-corrected chi connectivity index (χ1v) is 46.0. The van der Waals surface area contributed by atoms with E-state index in [1.54, 1.807) is 0 Å². The average Bonchev–Trinajstić information content (AvgIpc) is 0.980. The van der Waals surface area contributed by atoms with E-state index in [2.05, 4.69) is 41.5 Å². The molecule has 0 saturated heterocycles. The molecule has 0 aromatic rings. The summed E-state index contributed by atoms with van der Waals surface area (Å²) in [5.74, 6) is -0.554. The zero-order valence-electron chi connectivity index (χ0n) is 66.9. The van der Waals surface area contributed by atoms with Crippen LogP contribution in [0.15, 0.2) is 0 Å². The summed E-state index contributed by atoms with van der Waals surface area (Å²) < 4.78 is 68.8. The molecule has 0 amide bonds. The number of phosphoric acid groups is 2. The van der Waals surface area contributed by atoms with Crippen molar-refractivity contribution >= 4 is 39.5 Å². The van der Waals surface area contributed by atoms with E-state index in [-0.39, 0.29) is 25.7 Å². The molecule has 0 aliphatic rings. The SMILES string of the molecule is CCCCCCCCCCCCCCCCCCCCCCC(=O)O[C@H](COC(=O)CCCCCCCCCCCCCCCCC(C)C)COP(=O)(O)OC[C@@H](O)COP(=O)(O)OC[C@@H](COC(=O)CCCCCCCCCCCCCC)OC(=O)CCCCCCCCCCCCC(C)C. The highest BCUT2D eigenvalue weighted by Crippen LogP contribution is 2.45. The molecule has 3 N–H and O–H groups in total. The van der Waals surface area contributed by atoms with Gasteiger partial charge < -0.3 is 33.8 Å². The fourth-order valence-corrected chi connectivity index (χ4v) is 14.5. The zero-order chi connectivity index (χ0) is 74.9. The maximum absolute atomic E-state index is 13.1. The van der Waals surface area contributed by atoms with Gasteiger partial charge in [-0.2, -0.15) is 0 Å². The first kappa shape index (κ1) is 100. The van der Waals surface area contributed by atoms with E-state index in [1.807, 2.05) is 0 Å². The second-order valence-corrected chi connectivity index (χ2v) is 33.7. The van der Waals surface area contributed by atoms with Crippen molar-refractivity contribution in [2.45, 2.75) is 458 Å². The average molecular weight is 1490 g/mol. The standard InChI is InChI=1S/C83H162O17P2/c1-7-9-11-13-15-17-19-21-22-23-24-25-26-27-32-36-43-49-55-61-67-82(87)99-78(71-94-81(86)66-60-54-48-42-35-31-29-28-30-33-39-45-51-57-63-75(3)4)73-97-101(89,90)95-69-77(84)70-96-102(91,92)98-74-79(72-93-80(85)65-59-53-47-41-34-20-18-16-14-12-10-8-2)100-83(88)68-62-56-50-44-38-37-40-46-52-58-64-76(5)6/h75-79,84H,7-74H2,1-6H3,(H,89,90)(H,91,92)/t77-,78-,79-/m1/s1. The van der Waals surface area contributed by atoms with Gasteiger partial charge in [0.2, 0.25) is 0 Å². The van der Waals surface area contributed by atoms with Gasteiger partial charge in [-0.3, -0.25) is 37.3 Å². The molecular weight excluding hydrogens is 1330 g/mol. The number of carbonyl (C=O) groups excluding carboxylic acids is 4. The molecular formula is C83H162O17P2. The predicted molar refractivity (Wildman–Crippen MR) is 418 cm³/mol. The third kappa shape index (κ3) is 76.3. The number of ether oxygens (including phenoxy) is 4. The fraction of sp³-hybridized carbons (Fsp3) is 0.952. The molecule has 19 heteroatoms. The number of aliphatic hydroxyl groups excluding tert-OH is 1. The lowest BCUT2D eigenvalue weighted by Crippen LogP contribution is -2.30.